The first-order valence-electron chi connectivity index (χ1n) is 8.05. The Labute approximate surface area is 143 Å². The maximum absolute atomic E-state index is 12.4. The molecule has 0 unspecified atom stereocenters. The van der Waals surface area contributed by atoms with Gasteiger partial charge < -0.3 is 9.73 Å². The molecule has 1 N–H and O–H groups in total. The molecule has 1 aromatic carbocycles. The number of rotatable bonds is 3. The summed E-state index contributed by atoms with van der Waals surface area (Å²) in [6, 6.07) is 7.59. The van der Waals surface area contributed by atoms with Gasteiger partial charge in [-0.15, -0.1) is 5.10 Å². The molecule has 0 aliphatic heterocycles. The lowest BCUT2D eigenvalue weighted by atomic mass is 10.2. The molecule has 1 fully saturated rings. The molecule has 7 heteroatoms. The molecule has 0 radical (unpaired) electrons. The fraction of sp³-hybridized carbons (Fsp3) is 0.353. The summed E-state index contributed by atoms with van der Waals surface area (Å²) in [5, 5.41) is 8.02. The molecule has 2 heterocycles. The Bertz CT molecular complexity index is 909. The van der Waals surface area contributed by atoms with Crippen LogP contribution < -0.4 is 5.32 Å². The first-order chi connectivity index (χ1) is 11.6. The highest BCUT2D eigenvalue weighted by atomic mass is 35.5. The summed E-state index contributed by atoms with van der Waals surface area (Å²) < 4.78 is 7.19. The summed E-state index contributed by atoms with van der Waals surface area (Å²) in [5.74, 6) is 0.831. The molecule has 1 aliphatic rings. The average Bonchev–Trinajstić information content (AvgIpc) is 3.26. The van der Waals surface area contributed by atoms with Crippen LogP contribution in [0.5, 0.6) is 0 Å². The average molecular weight is 345 g/mol. The summed E-state index contributed by atoms with van der Waals surface area (Å²) in [6.07, 6.45) is 4.37. The van der Waals surface area contributed by atoms with Crippen molar-refractivity contribution >= 4 is 23.4 Å². The van der Waals surface area contributed by atoms with Crippen LogP contribution in [0, 0.1) is 6.92 Å². The van der Waals surface area contributed by atoms with Crippen molar-refractivity contribution < 1.29 is 9.21 Å². The van der Waals surface area contributed by atoms with Crippen molar-refractivity contribution in [3.05, 3.63) is 40.7 Å². The van der Waals surface area contributed by atoms with Crippen LogP contribution in [-0.2, 0) is 0 Å². The first kappa shape index (κ1) is 15.2. The fourth-order valence-electron chi connectivity index (χ4n) is 3.13. The van der Waals surface area contributed by atoms with E-state index in [1.54, 1.807) is 17.5 Å². The van der Waals surface area contributed by atoms with E-state index in [2.05, 4.69) is 15.4 Å². The zero-order chi connectivity index (χ0) is 16.7. The van der Waals surface area contributed by atoms with Gasteiger partial charge in [-0.1, -0.05) is 36.6 Å². The van der Waals surface area contributed by atoms with Crippen LogP contribution in [0.1, 0.15) is 41.9 Å². The molecule has 0 spiro atoms. The minimum Gasteiger partial charge on any atom is -0.416 e. The number of hydrogen-bond donors (Lipinski definition) is 1. The van der Waals surface area contributed by atoms with Gasteiger partial charge in [0.1, 0.15) is 0 Å². The highest BCUT2D eigenvalue weighted by Gasteiger charge is 2.24. The topological polar surface area (TPSA) is 72.4 Å². The molecule has 4 rings (SSSR count). The lowest BCUT2D eigenvalue weighted by molar-refractivity contribution is 0.0910. The predicted octanol–water partition coefficient (Wildman–Crippen LogP) is 3.62. The monoisotopic (exact) mass is 344 g/mol. The van der Waals surface area contributed by atoms with E-state index in [1.807, 2.05) is 18.2 Å². The third kappa shape index (κ3) is 2.57. The van der Waals surface area contributed by atoms with Crippen molar-refractivity contribution in [2.75, 3.05) is 0 Å². The van der Waals surface area contributed by atoms with Gasteiger partial charge >= 0.3 is 5.84 Å². The number of carbonyl (C=O) groups is 1. The maximum atomic E-state index is 12.4. The van der Waals surface area contributed by atoms with E-state index < -0.39 is 0 Å². The van der Waals surface area contributed by atoms with Gasteiger partial charge in [0.2, 0.25) is 5.76 Å². The molecule has 1 aliphatic carbocycles. The molecule has 1 amide bonds. The number of aromatic nitrogens is 3. The number of fused-ring (bicyclic) bond motifs is 1. The van der Waals surface area contributed by atoms with Gasteiger partial charge in [0.25, 0.3) is 5.91 Å². The van der Waals surface area contributed by atoms with Crippen molar-refractivity contribution in [1.82, 2.24) is 19.9 Å². The van der Waals surface area contributed by atoms with Crippen LogP contribution in [0.15, 0.2) is 28.7 Å². The van der Waals surface area contributed by atoms with Crippen LogP contribution in [0.3, 0.4) is 0 Å². The highest BCUT2D eigenvalue weighted by molar-refractivity contribution is 6.33. The van der Waals surface area contributed by atoms with Gasteiger partial charge in [0, 0.05) is 11.6 Å². The number of carbonyl (C=O) groups excluding carboxylic acids is 1. The number of nitrogens with zero attached hydrogens (tertiary/aromatic N) is 3. The number of aryl methyl sites for hydroxylation is 1. The number of nitrogens with one attached hydrogen (secondary N) is 1. The van der Waals surface area contributed by atoms with Gasteiger partial charge in [-0.05, 0) is 31.9 Å². The third-order valence-electron chi connectivity index (χ3n) is 4.43. The lowest BCUT2D eigenvalue weighted by Crippen LogP contribution is -2.32. The van der Waals surface area contributed by atoms with Crippen molar-refractivity contribution in [3.8, 4) is 11.4 Å². The Hall–Kier alpha value is -2.34. The van der Waals surface area contributed by atoms with Crippen molar-refractivity contribution in [1.29, 1.82) is 0 Å². The van der Waals surface area contributed by atoms with Gasteiger partial charge in [0.05, 0.1) is 10.7 Å². The van der Waals surface area contributed by atoms with Crippen molar-refractivity contribution in [2.24, 2.45) is 0 Å². The smallest absolute Gasteiger partial charge is 0.325 e. The molecule has 24 heavy (non-hydrogen) atoms. The molecule has 0 atom stereocenters. The molecule has 0 saturated heterocycles. The maximum Gasteiger partial charge on any atom is 0.325 e. The minimum absolute atomic E-state index is 0.203. The normalized spacial score (nSPS) is 15.2. The zero-order valence-electron chi connectivity index (χ0n) is 13.3. The Morgan fingerprint density at radius 1 is 1.33 bits per heavy atom. The number of halogens is 1. The quantitative estimate of drug-likeness (QED) is 0.787. The molecular formula is C17H17ClN4O2. The van der Waals surface area contributed by atoms with E-state index in [4.69, 9.17) is 16.0 Å². The van der Waals surface area contributed by atoms with Crippen LogP contribution in [0.4, 0.5) is 0 Å². The van der Waals surface area contributed by atoms with Gasteiger partial charge in [0.15, 0.2) is 5.82 Å². The molecule has 6 nitrogen and oxygen atoms in total. The van der Waals surface area contributed by atoms with E-state index in [0.717, 1.165) is 31.2 Å². The second-order valence-electron chi connectivity index (χ2n) is 6.08. The Morgan fingerprint density at radius 3 is 2.79 bits per heavy atom. The SMILES string of the molecule is Cc1c(C(=O)NC2CCCC2)oc2nc(-c3ccccc3Cl)nn12. The second kappa shape index (κ2) is 5.94. The fourth-order valence-corrected chi connectivity index (χ4v) is 3.35. The van der Waals surface area contributed by atoms with Crippen molar-refractivity contribution in [2.45, 2.75) is 38.6 Å². The van der Waals surface area contributed by atoms with Gasteiger partial charge in [-0.2, -0.15) is 9.50 Å². The Morgan fingerprint density at radius 2 is 2.08 bits per heavy atom. The van der Waals surface area contributed by atoms with E-state index in [9.17, 15) is 4.79 Å². The Balaban J connectivity index is 1.66. The Kier molecular flexibility index (Phi) is 3.76. The summed E-state index contributed by atoms with van der Waals surface area (Å²) in [4.78, 5) is 16.8. The number of hydrogen-bond acceptors (Lipinski definition) is 4. The molecule has 0 bridgehead atoms. The van der Waals surface area contributed by atoms with E-state index in [0.29, 0.717) is 22.4 Å². The number of benzene rings is 1. The standard InChI is InChI=1S/C17H17ClN4O2/c1-10-14(16(23)19-11-6-2-3-7-11)24-17-20-15(21-22(10)17)12-8-4-5-9-13(12)18/h4-5,8-9,11H,2-3,6-7H2,1H3,(H,19,23). The summed E-state index contributed by atoms with van der Waals surface area (Å²) in [7, 11) is 0. The summed E-state index contributed by atoms with van der Waals surface area (Å²) in [6.45, 7) is 1.80. The molecular weight excluding hydrogens is 328 g/mol. The lowest BCUT2D eigenvalue weighted by Gasteiger charge is -2.10. The molecule has 124 valence electrons. The molecule has 3 aromatic rings. The molecule has 1 saturated carbocycles. The summed E-state index contributed by atoms with van der Waals surface area (Å²) >= 11 is 6.19. The van der Waals surface area contributed by atoms with E-state index in [-0.39, 0.29) is 17.7 Å². The van der Waals surface area contributed by atoms with E-state index in [1.165, 1.54) is 0 Å². The molecule has 2 aromatic heterocycles. The number of amides is 1. The second-order valence-corrected chi connectivity index (χ2v) is 6.49. The van der Waals surface area contributed by atoms with Crippen LogP contribution >= 0.6 is 11.6 Å². The summed E-state index contributed by atoms with van der Waals surface area (Å²) in [5.41, 5.74) is 1.36. The van der Waals surface area contributed by atoms with Gasteiger partial charge in [-0.25, -0.2) is 0 Å². The number of oxazole rings is 1. The van der Waals surface area contributed by atoms with Crippen LogP contribution in [0.2, 0.25) is 5.02 Å². The van der Waals surface area contributed by atoms with E-state index >= 15 is 0 Å². The highest BCUT2D eigenvalue weighted by Crippen LogP contribution is 2.26. The van der Waals surface area contributed by atoms with Crippen LogP contribution in [0.25, 0.3) is 17.2 Å². The van der Waals surface area contributed by atoms with Gasteiger partial charge in [-0.3, -0.25) is 4.79 Å². The first-order valence-corrected chi connectivity index (χ1v) is 8.43. The van der Waals surface area contributed by atoms with Crippen LogP contribution in [-0.4, -0.2) is 26.5 Å². The largest absolute Gasteiger partial charge is 0.416 e. The third-order valence-corrected chi connectivity index (χ3v) is 4.76. The predicted molar refractivity (Wildman–Crippen MR) is 90.2 cm³/mol. The van der Waals surface area contributed by atoms with Crippen molar-refractivity contribution in [3.63, 3.8) is 0 Å². The zero-order valence-corrected chi connectivity index (χ0v) is 14.0. The minimum atomic E-state index is -0.203.